The fourth-order valence-electron chi connectivity index (χ4n) is 4.65. The molecule has 0 saturated carbocycles. The van der Waals surface area contributed by atoms with Gasteiger partial charge in [0.05, 0.1) is 5.52 Å². The first-order valence-corrected chi connectivity index (χ1v) is 11.6. The molecular formula is C27H28N6O. The Kier molecular flexibility index (Phi) is 6.44. The molecule has 172 valence electrons. The Labute approximate surface area is 199 Å². The van der Waals surface area contributed by atoms with E-state index in [9.17, 15) is 4.79 Å². The number of fused-ring (bicyclic) bond motifs is 1. The molecule has 1 N–H and O–H groups in total. The molecule has 4 aromatic rings. The minimum atomic E-state index is 0.0500. The minimum absolute atomic E-state index is 0.0500. The van der Waals surface area contributed by atoms with Crippen LogP contribution in [0.3, 0.4) is 0 Å². The van der Waals surface area contributed by atoms with E-state index in [0.29, 0.717) is 30.5 Å². The zero-order valence-electron chi connectivity index (χ0n) is 19.3. The molecule has 5 rings (SSSR count). The molecule has 1 amide bonds. The lowest BCUT2D eigenvalue weighted by Gasteiger charge is -2.25. The van der Waals surface area contributed by atoms with Gasteiger partial charge in [-0.2, -0.15) is 0 Å². The predicted molar refractivity (Wildman–Crippen MR) is 134 cm³/mol. The molecule has 0 bridgehead atoms. The predicted octanol–water partition coefficient (Wildman–Crippen LogP) is 4.01. The molecule has 7 nitrogen and oxygen atoms in total. The van der Waals surface area contributed by atoms with E-state index in [1.165, 1.54) is 5.56 Å². The van der Waals surface area contributed by atoms with Gasteiger partial charge in [-0.1, -0.05) is 30.3 Å². The minimum Gasteiger partial charge on any atom is -0.337 e. The van der Waals surface area contributed by atoms with Crippen molar-refractivity contribution in [3.8, 4) is 0 Å². The van der Waals surface area contributed by atoms with Gasteiger partial charge in [0.15, 0.2) is 0 Å². The van der Waals surface area contributed by atoms with E-state index in [1.807, 2.05) is 41.4 Å². The number of anilines is 2. The third-order valence-electron chi connectivity index (χ3n) is 6.24. The average molecular weight is 453 g/mol. The molecular weight excluding hydrogens is 424 g/mol. The molecule has 0 radical (unpaired) electrons. The van der Waals surface area contributed by atoms with Crippen molar-refractivity contribution >= 4 is 28.4 Å². The van der Waals surface area contributed by atoms with Crippen LogP contribution >= 0.6 is 0 Å². The first kappa shape index (κ1) is 22.0. The standard InChI is InChI=1S/C27H28N6O/c1-32-14-15-33(19-20(18-32)16-22-7-2-6-21-9-4-11-28-25(21)22)26(34)23-8-3-10-24(17-23)31-27-29-12-5-13-30-27/h2-13,17,20H,14-16,18-19H2,1H3,(H,29,30,31)/t20-/m0/s1. The lowest BCUT2D eigenvalue weighted by atomic mass is 9.96. The maximum atomic E-state index is 13.5. The number of carbonyl (C=O) groups excluding carboxylic acids is 1. The Balaban J connectivity index is 1.34. The van der Waals surface area contributed by atoms with Crippen LogP contribution < -0.4 is 5.32 Å². The third kappa shape index (κ3) is 5.05. The van der Waals surface area contributed by atoms with Gasteiger partial charge in [0.2, 0.25) is 5.95 Å². The van der Waals surface area contributed by atoms with Crippen LogP contribution in [0.25, 0.3) is 10.9 Å². The van der Waals surface area contributed by atoms with Crippen molar-refractivity contribution in [3.63, 3.8) is 0 Å². The normalized spacial score (nSPS) is 16.9. The average Bonchev–Trinajstić information content (AvgIpc) is 3.05. The van der Waals surface area contributed by atoms with Gasteiger partial charge in [0, 0.05) is 61.4 Å². The second-order valence-electron chi connectivity index (χ2n) is 8.85. The summed E-state index contributed by atoms with van der Waals surface area (Å²) in [5, 5.41) is 4.33. The van der Waals surface area contributed by atoms with Crippen LogP contribution in [-0.2, 0) is 6.42 Å². The molecule has 1 saturated heterocycles. The van der Waals surface area contributed by atoms with Gasteiger partial charge in [0.1, 0.15) is 0 Å². The number of rotatable bonds is 5. The van der Waals surface area contributed by atoms with E-state index < -0.39 is 0 Å². The van der Waals surface area contributed by atoms with Crippen LogP contribution in [0.4, 0.5) is 11.6 Å². The monoisotopic (exact) mass is 452 g/mol. The maximum Gasteiger partial charge on any atom is 0.253 e. The fourth-order valence-corrected chi connectivity index (χ4v) is 4.65. The van der Waals surface area contributed by atoms with Crippen LogP contribution in [0.5, 0.6) is 0 Å². The van der Waals surface area contributed by atoms with Crippen molar-refractivity contribution in [1.82, 2.24) is 24.8 Å². The molecule has 0 unspecified atom stereocenters. The summed E-state index contributed by atoms with van der Waals surface area (Å²) in [6.45, 7) is 3.22. The summed E-state index contributed by atoms with van der Waals surface area (Å²) < 4.78 is 0. The van der Waals surface area contributed by atoms with Crippen molar-refractivity contribution in [1.29, 1.82) is 0 Å². The van der Waals surface area contributed by atoms with Gasteiger partial charge in [-0.3, -0.25) is 9.78 Å². The molecule has 34 heavy (non-hydrogen) atoms. The summed E-state index contributed by atoms with van der Waals surface area (Å²) in [6.07, 6.45) is 6.10. The Morgan fingerprint density at radius 2 is 1.74 bits per heavy atom. The summed E-state index contributed by atoms with van der Waals surface area (Å²) in [5.41, 5.74) is 3.75. The third-order valence-corrected chi connectivity index (χ3v) is 6.24. The molecule has 2 aromatic heterocycles. The van der Waals surface area contributed by atoms with E-state index in [-0.39, 0.29) is 5.91 Å². The lowest BCUT2D eigenvalue weighted by molar-refractivity contribution is 0.0746. The Morgan fingerprint density at radius 3 is 2.62 bits per heavy atom. The van der Waals surface area contributed by atoms with Gasteiger partial charge in [-0.05, 0) is 55.3 Å². The molecule has 0 aliphatic carbocycles. The molecule has 1 aliphatic heterocycles. The van der Waals surface area contributed by atoms with Crippen molar-refractivity contribution in [2.24, 2.45) is 5.92 Å². The molecule has 0 spiro atoms. The van der Waals surface area contributed by atoms with Crippen LogP contribution in [0.2, 0.25) is 0 Å². The molecule has 3 heterocycles. The summed E-state index contributed by atoms with van der Waals surface area (Å²) in [5.74, 6) is 0.879. The number of aromatic nitrogens is 3. The molecule has 1 fully saturated rings. The van der Waals surface area contributed by atoms with E-state index in [0.717, 1.165) is 36.1 Å². The number of pyridine rings is 1. The van der Waals surface area contributed by atoms with Gasteiger partial charge >= 0.3 is 0 Å². The second-order valence-corrected chi connectivity index (χ2v) is 8.85. The van der Waals surface area contributed by atoms with Crippen molar-refractivity contribution in [3.05, 3.63) is 90.4 Å². The number of benzene rings is 2. The number of para-hydroxylation sites is 1. The van der Waals surface area contributed by atoms with Gasteiger partial charge in [0.25, 0.3) is 5.91 Å². The number of nitrogens with zero attached hydrogens (tertiary/aromatic N) is 5. The quantitative estimate of drug-likeness (QED) is 0.493. The van der Waals surface area contributed by atoms with E-state index in [4.69, 9.17) is 0 Å². The fraction of sp³-hybridized carbons (Fsp3) is 0.259. The molecule has 1 atom stereocenters. The smallest absolute Gasteiger partial charge is 0.253 e. The van der Waals surface area contributed by atoms with Crippen molar-refractivity contribution < 1.29 is 4.79 Å². The van der Waals surface area contributed by atoms with E-state index in [1.54, 1.807) is 18.5 Å². The molecule has 7 heteroatoms. The first-order valence-electron chi connectivity index (χ1n) is 11.6. The Bertz CT molecular complexity index is 1270. The summed E-state index contributed by atoms with van der Waals surface area (Å²) in [6, 6.07) is 19.7. The maximum absolute atomic E-state index is 13.5. The highest BCUT2D eigenvalue weighted by Crippen LogP contribution is 2.23. The summed E-state index contributed by atoms with van der Waals surface area (Å²) >= 11 is 0. The molecule has 1 aliphatic rings. The SMILES string of the molecule is CN1CCN(C(=O)c2cccc(Nc3ncccn3)c2)C[C@@H](Cc2cccc3cccnc23)C1. The van der Waals surface area contributed by atoms with E-state index >= 15 is 0 Å². The Hall–Kier alpha value is -3.84. The first-order chi connectivity index (χ1) is 16.7. The van der Waals surface area contributed by atoms with Crippen molar-refractivity contribution in [2.75, 3.05) is 38.5 Å². The lowest BCUT2D eigenvalue weighted by Crippen LogP contribution is -2.36. The van der Waals surface area contributed by atoms with Crippen molar-refractivity contribution in [2.45, 2.75) is 6.42 Å². The highest BCUT2D eigenvalue weighted by atomic mass is 16.2. The molecule has 2 aromatic carbocycles. The summed E-state index contributed by atoms with van der Waals surface area (Å²) in [4.78, 5) is 30.9. The highest BCUT2D eigenvalue weighted by molar-refractivity contribution is 5.95. The van der Waals surface area contributed by atoms with Gasteiger partial charge in [-0.25, -0.2) is 9.97 Å². The largest absolute Gasteiger partial charge is 0.337 e. The van der Waals surface area contributed by atoms with Gasteiger partial charge < -0.3 is 15.1 Å². The Morgan fingerprint density at radius 1 is 0.941 bits per heavy atom. The zero-order valence-corrected chi connectivity index (χ0v) is 19.3. The van der Waals surface area contributed by atoms with Crippen LogP contribution in [0.15, 0.2) is 79.3 Å². The number of likely N-dealkylation sites (N-methyl/N-ethyl adjacent to an activating group) is 1. The zero-order chi connectivity index (χ0) is 23.3. The second kappa shape index (κ2) is 9.97. The number of amides is 1. The van der Waals surface area contributed by atoms with Crippen LogP contribution in [-0.4, -0.2) is 63.9 Å². The highest BCUT2D eigenvalue weighted by Gasteiger charge is 2.26. The van der Waals surface area contributed by atoms with Crippen LogP contribution in [0.1, 0.15) is 15.9 Å². The topological polar surface area (TPSA) is 74.2 Å². The number of hydrogen-bond donors (Lipinski definition) is 1. The van der Waals surface area contributed by atoms with Crippen LogP contribution in [0, 0.1) is 5.92 Å². The summed E-state index contributed by atoms with van der Waals surface area (Å²) in [7, 11) is 2.13. The number of nitrogens with one attached hydrogen (secondary N) is 1. The van der Waals surface area contributed by atoms with Gasteiger partial charge in [-0.15, -0.1) is 0 Å². The number of hydrogen-bond acceptors (Lipinski definition) is 6. The number of carbonyl (C=O) groups is 1. The van der Waals surface area contributed by atoms with E-state index in [2.05, 4.69) is 56.5 Å².